The standard InChI is InChI=1S/C27H20Cl2NOP.ClH/c28-25(29)27(30-26(31)21-13-5-1-6-14-21)32(22-15-7-2-8-16-22,23-17-9-3-10-18-23)24-19-11-4-12-20-24;/h1-20H;1H. The van der Waals surface area contributed by atoms with Crippen LogP contribution < -0.4 is 33.6 Å². The summed E-state index contributed by atoms with van der Waals surface area (Å²) in [6.07, 6.45) is 0. The lowest BCUT2D eigenvalue weighted by molar-refractivity contribution is -0.0000143. The zero-order valence-corrected chi connectivity index (χ0v) is 20.7. The SMILES string of the molecule is O=C(NC(=C(Cl)Cl)[P+](c1ccccc1)(c1ccccc1)c1ccccc1)c1ccccc1.[Cl-]. The van der Waals surface area contributed by atoms with Crippen molar-refractivity contribution in [2.45, 2.75) is 0 Å². The van der Waals surface area contributed by atoms with Crippen molar-refractivity contribution < 1.29 is 17.2 Å². The van der Waals surface area contributed by atoms with E-state index in [9.17, 15) is 4.79 Å². The van der Waals surface area contributed by atoms with E-state index in [2.05, 4.69) is 41.7 Å². The predicted molar refractivity (Wildman–Crippen MR) is 138 cm³/mol. The largest absolute Gasteiger partial charge is 1.00 e. The molecule has 0 bridgehead atoms. The molecule has 166 valence electrons. The van der Waals surface area contributed by atoms with Crippen LogP contribution in [0.5, 0.6) is 0 Å². The molecule has 0 aliphatic rings. The van der Waals surface area contributed by atoms with Gasteiger partial charge in [0.2, 0.25) is 5.44 Å². The fourth-order valence-electron chi connectivity index (χ4n) is 3.82. The summed E-state index contributed by atoms with van der Waals surface area (Å²) < 4.78 is 0.0409. The number of carbonyl (C=O) groups excluding carboxylic acids is 1. The van der Waals surface area contributed by atoms with Crippen molar-refractivity contribution in [2.75, 3.05) is 0 Å². The lowest BCUT2D eigenvalue weighted by atomic mass is 10.2. The Balaban J connectivity index is 0.00000306. The summed E-state index contributed by atoms with van der Waals surface area (Å²) in [4.78, 5) is 13.3. The highest BCUT2D eigenvalue weighted by atomic mass is 35.5. The normalized spacial score (nSPS) is 10.6. The van der Waals surface area contributed by atoms with Crippen molar-refractivity contribution in [3.05, 3.63) is 137 Å². The van der Waals surface area contributed by atoms with Crippen LogP contribution >= 0.6 is 30.5 Å². The van der Waals surface area contributed by atoms with Crippen LogP contribution in [0.4, 0.5) is 0 Å². The van der Waals surface area contributed by atoms with Crippen LogP contribution in [0.2, 0.25) is 0 Å². The average molecular weight is 513 g/mol. The molecular formula is C27H21Cl3NOP. The van der Waals surface area contributed by atoms with E-state index in [4.69, 9.17) is 23.2 Å². The summed E-state index contributed by atoms with van der Waals surface area (Å²) in [7, 11) is -2.61. The Morgan fingerprint density at radius 3 is 1.24 bits per heavy atom. The molecule has 0 heterocycles. The molecule has 0 fully saturated rings. The number of hydrogen-bond acceptors (Lipinski definition) is 1. The summed E-state index contributed by atoms with van der Waals surface area (Å²) in [5, 5.41) is 6.22. The van der Waals surface area contributed by atoms with Crippen molar-refractivity contribution >= 4 is 52.3 Å². The molecule has 0 aromatic heterocycles. The van der Waals surface area contributed by atoms with Crippen molar-refractivity contribution in [3.8, 4) is 0 Å². The van der Waals surface area contributed by atoms with Crippen molar-refractivity contribution in [1.29, 1.82) is 0 Å². The van der Waals surface area contributed by atoms with E-state index < -0.39 is 7.26 Å². The highest BCUT2D eigenvalue weighted by Crippen LogP contribution is 2.63. The van der Waals surface area contributed by atoms with Gasteiger partial charge in [-0.25, -0.2) is 0 Å². The highest BCUT2D eigenvalue weighted by Gasteiger charge is 2.52. The first-order valence-corrected chi connectivity index (χ1v) is 12.7. The van der Waals surface area contributed by atoms with Gasteiger partial charge in [-0.3, -0.25) is 10.1 Å². The summed E-state index contributed by atoms with van der Waals surface area (Å²) in [5.41, 5.74) is 1.05. The minimum atomic E-state index is -2.61. The van der Waals surface area contributed by atoms with Crippen LogP contribution in [0.15, 0.2) is 131 Å². The number of benzene rings is 4. The molecule has 33 heavy (non-hydrogen) atoms. The molecule has 0 spiro atoms. The van der Waals surface area contributed by atoms with E-state index in [0.717, 1.165) is 15.9 Å². The smallest absolute Gasteiger partial charge is 0.258 e. The maximum Gasteiger partial charge on any atom is 0.258 e. The molecule has 2 nitrogen and oxygen atoms in total. The van der Waals surface area contributed by atoms with E-state index in [0.29, 0.717) is 11.0 Å². The van der Waals surface area contributed by atoms with Crippen LogP contribution in [-0.2, 0) is 0 Å². The first kappa shape index (κ1) is 25.0. The number of nitrogens with one attached hydrogen (secondary N) is 1. The van der Waals surface area contributed by atoms with Gasteiger partial charge in [-0.05, 0) is 48.5 Å². The summed E-state index contributed by atoms with van der Waals surface area (Å²) in [5.74, 6) is -0.258. The average Bonchev–Trinajstić information content (AvgIpc) is 2.86. The Hall–Kier alpha value is -2.61. The van der Waals surface area contributed by atoms with Gasteiger partial charge in [0, 0.05) is 5.56 Å². The quantitative estimate of drug-likeness (QED) is 0.396. The van der Waals surface area contributed by atoms with Gasteiger partial charge < -0.3 is 12.4 Å². The third-order valence-electron chi connectivity index (χ3n) is 5.21. The first-order valence-electron chi connectivity index (χ1n) is 10.1. The highest BCUT2D eigenvalue weighted by molar-refractivity contribution is 7.99. The van der Waals surface area contributed by atoms with Crippen LogP contribution in [0.1, 0.15) is 10.4 Å². The molecular weight excluding hydrogens is 492 g/mol. The molecule has 0 aliphatic carbocycles. The monoisotopic (exact) mass is 511 g/mol. The number of halogens is 3. The second-order valence-corrected chi connectivity index (χ2v) is 11.4. The topological polar surface area (TPSA) is 29.1 Å². The van der Waals surface area contributed by atoms with Gasteiger partial charge >= 0.3 is 0 Å². The fraction of sp³-hybridized carbons (Fsp3) is 0. The minimum Gasteiger partial charge on any atom is -1.00 e. The molecule has 4 aromatic rings. The molecule has 0 aliphatic heterocycles. The number of amides is 1. The van der Waals surface area contributed by atoms with Gasteiger partial charge in [0.25, 0.3) is 5.91 Å². The van der Waals surface area contributed by atoms with Gasteiger partial charge in [0.1, 0.15) is 15.9 Å². The molecule has 4 rings (SSSR count). The van der Waals surface area contributed by atoms with Crippen LogP contribution in [0, 0.1) is 0 Å². The van der Waals surface area contributed by atoms with E-state index in [1.54, 1.807) is 12.1 Å². The van der Waals surface area contributed by atoms with Gasteiger partial charge in [0.05, 0.1) is 0 Å². The second-order valence-electron chi connectivity index (χ2n) is 7.11. The van der Waals surface area contributed by atoms with Crippen molar-refractivity contribution in [1.82, 2.24) is 5.32 Å². The first-order chi connectivity index (χ1) is 15.6. The van der Waals surface area contributed by atoms with Crippen LogP contribution in [0.25, 0.3) is 0 Å². The summed E-state index contributed by atoms with van der Waals surface area (Å²) >= 11 is 13.1. The number of hydrogen-bond donors (Lipinski definition) is 1. The summed E-state index contributed by atoms with van der Waals surface area (Å²) in [6.45, 7) is 0. The van der Waals surface area contributed by atoms with Crippen LogP contribution in [-0.4, -0.2) is 5.91 Å². The molecule has 6 heteroatoms. The maximum absolute atomic E-state index is 13.3. The number of rotatable bonds is 6. The maximum atomic E-state index is 13.3. The Bertz CT molecular complexity index is 1120. The Morgan fingerprint density at radius 1 is 0.576 bits per heavy atom. The molecule has 0 radical (unpaired) electrons. The zero-order valence-electron chi connectivity index (χ0n) is 17.5. The van der Waals surface area contributed by atoms with Gasteiger partial charge in [-0.2, -0.15) is 0 Å². The predicted octanol–water partition coefficient (Wildman–Crippen LogP) is 3.02. The van der Waals surface area contributed by atoms with Gasteiger partial charge in [-0.1, -0.05) is 96.0 Å². The van der Waals surface area contributed by atoms with E-state index in [1.807, 2.05) is 72.8 Å². The molecule has 4 aromatic carbocycles. The fourth-order valence-corrected chi connectivity index (χ4v) is 8.72. The Morgan fingerprint density at radius 2 is 0.909 bits per heavy atom. The number of carbonyl (C=O) groups is 1. The summed E-state index contributed by atoms with van der Waals surface area (Å²) in [6, 6.07) is 39.4. The van der Waals surface area contributed by atoms with E-state index >= 15 is 0 Å². The van der Waals surface area contributed by atoms with Crippen molar-refractivity contribution in [2.24, 2.45) is 0 Å². The molecule has 0 saturated heterocycles. The third-order valence-corrected chi connectivity index (χ3v) is 10.1. The van der Waals surface area contributed by atoms with Crippen LogP contribution in [0.3, 0.4) is 0 Å². The lowest BCUT2D eigenvalue weighted by Crippen LogP contribution is -3.00. The van der Waals surface area contributed by atoms with E-state index in [-0.39, 0.29) is 22.8 Å². The van der Waals surface area contributed by atoms with Gasteiger partial charge in [0.15, 0.2) is 11.8 Å². The molecule has 1 N–H and O–H groups in total. The van der Waals surface area contributed by atoms with Gasteiger partial charge in [-0.15, -0.1) is 0 Å². The third kappa shape index (κ3) is 5.16. The Labute approximate surface area is 211 Å². The Kier molecular flexibility index (Phi) is 8.72. The van der Waals surface area contributed by atoms with E-state index in [1.165, 1.54) is 0 Å². The van der Waals surface area contributed by atoms with Crippen molar-refractivity contribution in [3.63, 3.8) is 0 Å². The second kappa shape index (κ2) is 11.5. The molecule has 0 atom stereocenters. The molecule has 1 amide bonds. The molecule has 0 unspecified atom stereocenters. The zero-order chi connectivity index (χ0) is 22.4. The molecule has 0 saturated carbocycles. The minimum absolute atomic E-state index is 0. The lowest BCUT2D eigenvalue weighted by Gasteiger charge is -2.29.